The minimum absolute atomic E-state index is 0.188. The van der Waals surface area contributed by atoms with Gasteiger partial charge in [-0.05, 0) is 49.0 Å². The van der Waals surface area contributed by atoms with Crippen molar-refractivity contribution in [3.05, 3.63) is 29.8 Å². The average molecular weight is 302 g/mol. The first-order valence-corrected chi connectivity index (χ1v) is 7.57. The van der Waals surface area contributed by atoms with E-state index in [1.54, 1.807) is 12.1 Å². The second-order valence-electron chi connectivity index (χ2n) is 6.27. The Morgan fingerprint density at radius 2 is 1.86 bits per heavy atom. The number of hydrogen-bond donors (Lipinski definition) is 4. The van der Waals surface area contributed by atoms with Gasteiger partial charge in [0, 0.05) is 0 Å². The van der Waals surface area contributed by atoms with Gasteiger partial charge in [-0.3, -0.25) is 10.1 Å². The first kappa shape index (κ1) is 15.1. The van der Waals surface area contributed by atoms with Crippen LogP contribution in [0.5, 0.6) is 0 Å². The molecule has 2 aliphatic rings. The molecule has 6 nitrogen and oxygen atoms in total. The molecule has 7 heteroatoms. The van der Waals surface area contributed by atoms with Gasteiger partial charge in [-0.2, -0.15) is 0 Å². The summed E-state index contributed by atoms with van der Waals surface area (Å²) in [5.41, 5.74) is 1.01. The molecule has 0 unspecified atom stereocenters. The van der Waals surface area contributed by atoms with Crippen LogP contribution in [-0.4, -0.2) is 34.6 Å². The second kappa shape index (κ2) is 5.74. The van der Waals surface area contributed by atoms with E-state index in [4.69, 9.17) is 10.0 Å². The molecule has 22 heavy (non-hydrogen) atoms. The maximum Gasteiger partial charge on any atom is 0.488 e. The molecule has 1 aliphatic carbocycles. The Kier molecular flexibility index (Phi) is 3.93. The topological polar surface area (TPSA) is 98.7 Å². The SMILES string of the molecule is O=C1NC(=O)C2(CC(CCCc3ccc(B(O)O)cc3)C2)N1. The molecular weight excluding hydrogens is 283 g/mol. The molecule has 0 bridgehead atoms. The fourth-order valence-corrected chi connectivity index (χ4v) is 3.40. The molecule has 4 N–H and O–H groups in total. The van der Waals surface area contributed by atoms with Crippen molar-refractivity contribution in [3.63, 3.8) is 0 Å². The van der Waals surface area contributed by atoms with Crippen molar-refractivity contribution < 1.29 is 19.6 Å². The number of amides is 3. The van der Waals surface area contributed by atoms with Crippen LogP contribution in [0.2, 0.25) is 0 Å². The van der Waals surface area contributed by atoms with Gasteiger partial charge in [-0.25, -0.2) is 4.79 Å². The average Bonchev–Trinajstić information content (AvgIpc) is 2.73. The maximum absolute atomic E-state index is 11.7. The minimum Gasteiger partial charge on any atom is -0.423 e. The van der Waals surface area contributed by atoms with E-state index in [9.17, 15) is 9.59 Å². The van der Waals surface area contributed by atoms with Gasteiger partial charge in [0.1, 0.15) is 5.54 Å². The summed E-state index contributed by atoms with van der Waals surface area (Å²) in [6.07, 6.45) is 4.40. The predicted octanol–water partition coefficient (Wildman–Crippen LogP) is -0.323. The number of hydrogen-bond acceptors (Lipinski definition) is 4. The number of nitrogens with one attached hydrogen (secondary N) is 2. The molecule has 1 aliphatic heterocycles. The summed E-state index contributed by atoms with van der Waals surface area (Å²) in [6.45, 7) is 0. The highest BCUT2D eigenvalue weighted by atomic mass is 16.4. The highest BCUT2D eigenvalue weighted by Gasteiger charge is 2.54. The maximum atomic E-state index is 11.7. The number of aryl methyl sites for hydroxylation is 1. The van der Waals surface area contributed by atoms with Crippen LogP contribution in [0.25, 0.3) is 0 Å². The van der Waals surface area contributed by atoms with Crippen LogP contribution >= 0.6 is 0 Å². The zero-order valence-electron chi connectivity index (χ0n) is 12.2. The molecule has 0 atom stereocenters. The third kappa shape index (κ3) is 2.87. The van der Waals surface area contributed by atoms with Crippen molar-refractivity contribution >= 4 is 24.5 Å². The third-order valence-corrected chi connectivity index (χ3v) is 4.64. The van der Waals surface area contributed by atoms with Gasteiger partial charge in [-0.15, -0.1) is 0 Å². The number of urea groups is 1. The van der Waals surface area contributed by atoms with Crippen LogP contribution in [-0.2, 0) is 11.2 Å². The molecule has 0 radical (unpaired) electrons. The van der Waals surface area contributed by atoms with Gasteiger partial charge in [-0.1, -0.05) is 24.3 Å². The number of carbonyl (C=O) groups is 2. The van der Waals surface area contributed by atoms with E-state index in [0.717, 1.165) is 37.7 Å². The van der Waals surface area contributed by atoms with E-state index in [2.05, 4.69) is 10.6 Å². The Hall–Kier alpha value is -1.86. The number of benzene rings is 1. The van der Waals surface area contributed by atoms with Gasteiger partial charge in [0.25, 0.3) is 5.91 Å². The molecular formula is C15H19BN2O4. The Labute approximate surface area is 129 Å². The van der Waals surface area contributed by atoms with Crippen LogP contribution in [0, 0.1) is 5.92 Å². The van der Waals surface area contributed by atoms with E-state index in [-0.39, 0.29) is 11.9 Å². The van der Waals surface area contributed by atoms with Crippen molar-refractivity contribution in [2.24, 2.45) is 5.92 Å². The van der Waals surface area contributed by atoms with Crippen LogP contribution in [0.1, 0.15) is 31.2 Å². The van der Waals surface area contributed by atoms with Crippen molar-refractivity contribution in [3.8, 4) is 0 Å². The number of imide groups is 1. The third-order valence-electron chi connectivity index (χ3n) is 4.64. The van der Waals surface area contributed by atoms with Gasteiger partial charge in [0.05, 0.1) is 0 Å². The first-order valence-electron chi connectivity index (χ1n) is 7.57. The van der Waals surface area contributed by atoms with E-state index < -0.39 is 12.7 Å². The fourth-order valence-electron chi connectivity index (χ4n) is 3.40. The smallest absolute Gasteiger partial charge is 0.423 e. The Bertz CT molecular complexity index is 582. The predicted molar refractivity (Wildman–Crippen MR) is 81.3 cm³/mol. The van der Waals surface area contributed by atoms with Crippen LogP contribution in [0.15, 0.2) is 24.3 Å². The zero-order valence-corrected chi connectivity index (χ0v) is 12.2. The van der Waals surface area contributed by atoms with E-state index >= 15 is 0 Å². The van der Waals surface area contributed by atoms with Gasteiger partial charge < -0.3 is 15.4 Å². The molecule has 1 saturated heterocycles. The summed E-state index contributed by atoms with van der Waals surface area (Å²) in [7, 11) is -1.42. The summed E-state index contributed by atoms with van der Waals surface area (Å²) in [5.74, 6) is 0.287. The summed E-state index contributed by atoms with van der Waals surface area (Å²) >= 11 is 0. The standard InChI is InChI=1S/C15H19BN2O4/c19-13-15(18-14(20)17-13)8-11(9-15)3-1-2-10-4-6-12(7-5-10)16(21)22/h4-7,11,21-22H,1-3,8-9H2,(H2,17,18,19,20). The molecule has 3 amide bonds. The molecule has 1 heterocycles. The molecule has 0 aromatic heterocycles. The van der Waals surface area contributed by atoms with Crippen molar-refractivity contribution in [1.29, 1.82) is 0 Å². The summed E-state index contributed by atoms with van der Waals surface area (Å²) in [6, 6.07) is 6.87. The van der Waals surface area contributed by atoms with Gasteiger partial charge in [0.2, 0.25) is 0 Å². The van der Waals surface area contributed by atoms with E-state index in [1.807, 2.05) is 12.1 Å². The molecule has 1 saturated carbocycles. The van der Waals surface area contributed by atoms with Crippen molar-refractivity contribution in [1.82, 2.24) is 10.6 Å². The van der Waals surface area contributed by atoms with Gasteiger partial charge in [0.15, 0.2) is 0 Å². The normalized spacial score (nSPS) is 26.5. The second-order valence-corrected chi connectivity index (χ2v) is 6.27. The quantitative estimate of drug-likeness (QED) is 0.442. The number of carbonyl (C=O) groups excluding carboxylic acids is 2. The lowest BCUT2D eigenvalue weighted by atomic mass is 9.66. The summed E-state index contributed by atoms with van der Waals surface area (Å²) in [4.78, 5) is 22.8. The molecule has 1 aromatic carbocycles. The fraction of sp³-hybridized carbons (Fsp3) is 0.467. The molecule has 1 aromatic rings. The summed E-state index contributed by atoms with van der Waals surface area (Å²) < 4.78 is 0. The lowest BCUT2D eigenvalue weighted by Crippen LogP contribution is -2.56. The van der Waals surface area contributed by atoms with Crippen molar-refractivity contribution in [2.75, 3.05) is 0 Å². The molecule has 2 fully saturated rings. The molecule has 3 rings (SSSR count). The van der Waals surface area contributed by atoms with Crippen LogP contribution in [0.4, 0.5) is 4.79 Å². The summed E-state index contributed by atoms with van der Waals surface area (Å²) in [5, 5.41) is 23.1. The highest BCUT2D eigenvalue weighted by Crippen LogP contribution is 2.42. The van der Waals surface area contributed by atoms with Crippen LogP contribution in [0.3, 0.4) is 0 Å². The Morgan fingerprint density at radius 1 is 1.18 bits per heavy atom. The monoisotopic (exact) mass is 302 g/mol. The Balaban J connectivity index is 1.42. The Morgan fingerprint density at radius 3 is 2.41 bits per heavy atom. The zero-order chi connectivity index (χ0) is 15.7. The van der Waals surface area contributed by atoms with E-state index in [0.29, 0.717) is 11.4 Å². The van der Waals surface area contributed by atoms with Crippen molar-refractivity contribution in [2.45, 2.75) is 37.6 Å². The largest absolute Gasteiger partial charge is 0.488 e. The molecule has 1 spiro atoms. The first-order chi connectivity index (χ1) is 10.5. The van der Waals surface area contributed by atoms with E-state index in [1.165, 1.54) is 0 Å². The number of rotatable bonds is 5. The lowest BCUT2D eigenvalue weighted by molar-refractivity contribution is -0.128. The van der Waals surface area contributed by atoms with Crippen LogP contribution < -0.4 is 16.1 Å². The highest BCUT2D eigenvalue weighted by molar-refractivity contribution is 6.58. The lowest BCUT2D eigenvalue weighted by Gasteiger charge is -2.42. The molecule has 116 valence electrons. The van der Waals surface area contributed by atoms with Gasteiger partial charge >= 0.3 is 13.1 Å². The minimum atomic E-state index is -1.42.